The highest BCUT2D eigenvalue weighted by Crippen LogP contribution is 2.43. The van der Waals surface area contributed by atoms with Gasteiger partial charge in [0.05, 0.1) is 18.0 Å². The Labute approximate surface area is 163 Å². The molecule has 0 saturated carbocycles. The molecule has 1 aliphatic rings. The maximum Gasteiger partial charge on any atom is 0.359 e. The van der Waals surface area contributed by atoms with Crippen molar-refractivity contribution in [2.24, 2.45) is 0 Å². The summed E-state index contributed by atoms with van der Waals surface area (Å²) < 4.78 is 7.15. The van der Waals surface area contributed by atoms with Gasteiger partial charge in [0.25, 0.3) is 0 Å². The van der Waals surface area contributed by atoms with Crippen LogP contribution in [0.25, 0.3) is 16.9 Å². The molecule has 0 amide bonds. The number of carbonyl (C=O) groups is 1. The van der Waals surface area contributed by atoms with Crippen LogP contribution < -0.4 is 0 Å². The Bertz CT molecular complexity index is 990. The SMILES string of the molecule is CCOC(=O)c1nn(-c2ccc(C(C)C)cc2)c2c1CSc1ccccc1-2. The van der Waals surface area contributed by atoms with Gasteiger partial charge in [-0.1, -0.05) is 44.2 Å². The minimum Gasteiger partial charge on any atom is -0.461 e. The second-order valence-electron chi connectivity index (χ2n) is 6.84. The van der Waals surface area contributed by atoms with E-state index in [9.17, 15) is 4.79 Å². The summed E-state index contributed by atoms with van der Waals surface area (Å²) in [4.78, 5) is 13.7. The molecule has 0 spiro atoms. The number of benzene rings is 2. The van der Waals surface area contributed by atoms with Crippen molar-refractivity contribution < 1.29 is 9.53 Å². The van der Waals surface area contributed by atoms with Crippen LogP contribution in [0.3, 0.4) is 0 Å². The summed E-state index contributed by atoms with van der Waals surface area (Å²) in [5.74, 6) is 0.828. The van der Waals surface area contributed by atoms with Crippen molar-refractivity contribution in [1.29, 1.82) is 0 Å². The van der Waals surface area contributed by atoms with Gasteiger partial charge in [0.15, 0.2) is 5.69 Å². The molecule has 0 aliphatic carbocycles. The second-order valence-corrected chi connectivity index (χ2v) is 7.86. The van der Waals surface area contributed by atoms with Crippen LogP contribution >= 0.6 is 11.8 Å². The summed E-state index contributed by atoms with van der Waals surface area (Å²) >= 11 is 1.73. The highest BCUT2D eigenvalue weighted by atomic mass is 32.2. The van der Waals surface area contributed by atoms with Gasteiger partial charge < -0.3 is 4.74 Å². The predicted molar refractivity (Wildman–Crippen MR) is 109 cm³/mol. The molecule has 0 fully saturated rings. The fourth-order valence-electron chi connectivity index (χ4n) is 3.35. The molecule has 0 radical (unpaired) electrons. The van der Waals surface area contributed by atoms with E-state index < -0.39 is 0 Å². The lowest BCUT2D eigenvalue weighted by molar-refractivity contribution is 0.0518. The highest BCUT2D eigenvalue weighted by Gasteiger charge is 2.29. The summed E-state index contributed by atoms with van der Waals surface area (Å²) in [7, 11) is 0. The van der Waals surface area contributed by atoms with Crippen LogP contribution in [0.2, 0.25) is 0 Å². The van der Waals surface area contributed by atoms with Crippen LogP contribution in [0.15, 0.2) is 53.4 Å². The Balaban J connectivity index is 1.90. The van der Waals surface area contributed by atoms with E-state index in [4.69, 9.17) is 4.74 Å². The van der Waals surface area contributed by atoms with Crippen molar-refractivity contribution in [1.82, 2.24) is 9.78 Å². The minimum absolute atomic E-state index is 0.341. The fraction of sp³-hybridized carbons (Fsp3) is 0.273. The Morgan fingerprint density at radius 2 is 1.93 bits per heavy atom. The first-order valence-electron chi connectivity index (χ1n) is 9.21. The van der Waals surface area contributed by atoms with E-state index in [1.54, 1.807) is 11.8 Å². The molecular weight excluding hydrogens is 356 g/mol. The fourth-order valence-corrected chi connectivity index (χ4v) is 4.42. The molecule has 4 rings (SSSR count). The lowest BCUT2D eigenvalue weighted by atomic mass is 10.0. The van der Waals surface area contributed by atoms with E-state index in [-0.39, 0.29) is 5.97 Å². The normalized spacial score (nSPS) is 12.6. The third kappa shape index (κ3) is 3.16. The van der Waals surface area contributed by atoms with Crippen LogP contribution in [0.4, 0.5) is 0 Å². The van der Waals surface area contributed by atoms with Gasteiger partial charge in [0, 0.05) is 21.8 Å². The molecule has 2 heterocycles. The van der Waals surface area contributed by atoms with Gasteiger partial charge in [0.1, 0.15) is 0 Å². The molecule has 0 atom stereocenters. The molecule has 0 saturated heterocycles. The number of esters is 1. The summed E-state index contributed by atoms with van der Waals surface area (Å²) in [6.45, 7) is 6.51. The third-order valence-electron chi connectivity index (χ3n) is 4.77. The number of hydrogen-bond donors (Lipinski definition) is 0. The molecule has 3 aromatic rings. The number of fused-ring (bicyclic) bond motifs is 3. The van der Waals surface area contributed by atoms with Gasteiger partial charge in [-0.15, -0.1) is 11.8 Å². The van der Waals surface area contributed by atoms with Crippen molar-refractivity contribution in [2.45, 2.75) is 37.3 Å². The molecule has 5 heteroatoms. The smallest absolute Gasteiger partial charge is 0.359 e. The van der Waals surface area contributed by atoms with Gasteiger partial charge in [0.2, 0.25) is 0 Å². The van der Waals surface area contributed by atoms with Crippen molar-refractivity contribution >= 4 is 17.7 Å². The van der Waals surface area contributed by atoms with Crippen molar-refractivity contribution in [3.05, 3.63) is 65.4 Å². The van der Waals surface area contributed by atoms with Crippen LogP contribution in [-0.2, 0) is 10.5 Å². The largest absolute Gasteiger partial charge is 0.461 e. The second kappa shape index (κ2) is 7.24. The van der Waals surface area contributed by atoms with Crippen molar-refractivity contribution in [3.63, 3.8) is 0 Å². The number of aromatic nitrogens is 2. The zero-order valence-electron chi connectivity index (χ0n) is 15.7. The van der Waals surface area contributed by atoms with Crippen LogP contribution in [-0.4, -0.2) is 22.4 Å². The van der Waals surface area contributed by atoms with E-state index in [1.807, 2.05) is 23.7 Å². The third-order valence-corrected chi connectivity index (χ3v) is 5.87. The standard InChI is InChI=1S/C22H22N2O2S/c1-4-26-22(25)20-18-13-27-19-8-6-5-7-17(19)21(18)24(23-20)16-11-9-15(10-12-16)14(2)3/h5-12,14H,4,13H2,1-3H3. The summed E-state index contributed by atoms with van der Waals surface area (Å²) in [5.41, 5.74) is 5.70. The molecule has 138 valence electrons. The van der Waals surface area contributed by atoms with Gasteiger partial charge in [-0.2, -0.15) is 5.10 Å². The van der Waals surface area contributed by atoms with E-state index in [2.05, 4.69) is 55.3 Å². The van der Waals surface area contributed by atoms with Gasteiger partial charge in [-0.3, -0.25) is 0 Å². The van der Waals surface area contributed by atoms with Crippen LogP contribution in [0.1, 0.15) is 48.3 Å². The Kier molecular flexibility index (Phi) is 4.79. The van der Waals surface area contributed by atoms with Crippen molar-refractivity contribution in [3.8, 4) is 16.9 Å². The maximum absolute atomic E-state index is 12.5. The molecule has 1 aromatic heterocycles. The van der Waals surface area contributed by atoms with E-state index in [0.29, 0.717) is 24.0 Å². The Hall–Kier alpha value is -2.53. The summed E-state index contributed by atoms with van der Waals surface area (Å²) in [6.07, 6.45) is 0. The highest BCUT2D eigenvalue weighted by molar-refractivity contribution is 7.98. The zero-order chi connectivity index (χ0) is 19.0. The average Bonchev–Trinajstić information content (AvgIpc) is 3.08. The number of carbonyl (C=O) groups excluding carboxylic acids is 1. The van der Waals surface area contributed by atoms with Crippen LogP contribution in [0, 0.1) is 0 Å². The first-order chi connectivity index (χ1) is 13.1. The zero-order valence-corrected chi connectivity index (χ0v) is 16.5. The monoisotopic (exact) mass is 378 g/mol. The lowest BCUT2D eigenvalue weighted by Gasteiger charge is -2.18. The number of ether oxygens (including phenoxy) is 1. The van der Waals surface area contributed by atoms with Gasteiger partial charge >= 0.3 is 5.97 Å². The first-order valence-corrected chi connectivity index (χ1v) is 10.2. The summed E-state index contributed by atoms with van der Waals surface area (Å²) in [5, 5.41) is 4.68. The van der Waals surface area contributed by atoms with Gasteiger partial charge in [-0.05, 0) is 36.6 Å². The van der Waals surface area contributed by atoms with Gasteiger partial charge in [-0.25, -0.2) is 9.48 Å². The molecule has 2 aromatic carbocycles. The molecule has 0 unspecified atom stereocenters. The maximum atomic E-state index is 12.5. The Morgan fingerprint density at radius 3 is 2.63 bits per heavy atom. The number of thioether (sulfide) groups is 1. The Morgan fingerprint density at radius 1 is 1.19 bits per heavy atom. The van der Waals surface area contributed by atoms with E-state index in [0.717, 1.165) is 22.5 Å². The average molecular weight is 378 g/mol. The molecule has 1 aliphatic heterocycles. The quantitative estimate of drug-likeness (QED) is 0.567. The minimum atomic E-state index is -0.355. The van der Waals surface area contributed by atoms with Crippen LogP contribution in [0.5, 0.6) is 0 Å². The molecule has 4 nitrogen and oxygen atoms in total. The topological polar surface area (TPSA) is 44.1 Å². The molecule has 27 heavy (non-hydrogen) atoms. The number of rotatable bonds is 4. The lowest BCUT2D eigenvalue weighted by Crippen LogP contribution is -2.08. The predicted octanol–water partition coefficient (Wildman–Crippen LogP) is 5.45. The number of nitrogens with zero attached hydrogens (tertiary/aromatic N) is 2. The first kappa shape index (κ1) is 17.9. The molecule has 0 bridgehead atoms. The molecule has 0 N–H and O–H groups in total. The summed E-state index contributed by atoms with van der Waals surface area (Å²) in [6, 6.07) is 16.7. The van der Waals surface area contributed by atoms with E-state index in [1.165, 1.54) is 10.5 Å². The number of hydrogen-bond acceptors (Lipinski definition) is 4. The molecular formula is C22H22N2O2S. The van der Waals surface area contributed by atoms with Crippen molar-refractivity contribution in [2.75, 3.05) is 6.61 Å². The van der Waals surface area contributed by atoms with E-state index >= 15 is 0 Å².